The normalized spacial score (nSPS) is 11.0. The average Bonchev–Trinajstić information content (AvgIpc) is 2.51. The third-order valence-electron chi connectivity index (χ3n) is 3.33. The second-order valence-corrected chi connectivity index (χ2v) is 7.45. The van der Waals surface area contributed by atoms with Crippen LogP contribution in [0, 0.1) is 0 Å². The van der Waals surface area contributed by atoms with Crippen molar-refractivity contribution in [2.24, 2.45) is 0 Å². The smallest absolute Gasteiger partial charge is 0.251 e. The van der Waals surface area contributed by atoms with Crippen molar-refractivity contribution in [2.45, 2.75) is 6.54 Å². The molecular formula is C17H21N3O3S. The number of nitrogens with zero attached hydrogens (tertiary/aromatic N) is 1. The summed E-state index contributed by atoms with van der Waals surface area (Å²) in [6, 6.07) is 14.3. The topological polar surface area (TPSA) is 78.5 Å². The molecule has 7 heteroatoms. The van der Waals surface area contributed by atoms with E-state index >= 15 is 0 Å². The Morgan fingerprint density at radius 1 is 1.08 bits per heavy atom. The molecule has 128 valence electrons. The van der Waals surface area contributed by atoms with E-state index in [-0.39, 0.29) is 5.91 Å². The first-order chi connectivity index (χ1) is 11.2. The maximum Gasteiger partial charge on any atom is 0.251 e. The lowest BCUT2D eigenvalue weighted by Crippen LogP contribution is -2.23. The van der Waals surface area contributed by atoms with Gasteiger partial charge in [-0.1, -0.05) is 18.2 Å². The highest BCUT2D eigenvalue weighted by Gasteiger charge is 2.08. The van der Waals surface area contributed by atoms with Crippen LogP contribution >= 0.6 is 0 Å². The predicted octanol–water partition coefficient (Wildman–Crippen LogP) is 2.05. The maximum atomic E-state index is 12.2. The van der Waals surface area contributed by atoms with Crippen LogP contribution in [0.2, 0.25) is 0 Å². The standard InChI is InChI=1S/C17H21N3O3S/c1-20(2)16-9-7-13(8-10-16)12-18-17(21)14-5-4-6-15(11-14)19-24(3,22)23/h4-11,19H,12H2,1-3H3,(H,18,21). The van der Waals surface area contributed by atoms with Crippen molar-refractivity contribution in [2.75, 3.05) is 30.0 Å². The highest BCUT2D eigenvalue weighted by Crippen LogP contribution is 2.14. The summed E-state index contributed by atoms with van der Waals surface area (Å²) in [6.45, 7) is 0.399. The zero-order valence-electron chi connectivity index (χ0n) is 13.9. The van der Waals surface area contributed by atoms with Gasteiger partial charge < -0.3 is 10.2 Å². The van der Waals surface area contributed by atoms with E-state index in [2.05, 4.69) is 10.0 Å². The monoisotopic (exact) mass is 347 g/mol. The molecule has 0 heterocycles. The zero-order valence-corrected chi connectivity index (χ0v) is 14.7. The van der Waals surface area contributed by atoms with E-state index < -0.39 is 10.0 Å². The van der Waals surface area contributed by atoms with Crippen molar-refractivity contribution in [3.05, 3.63) is 59.7 Å². The van der Waals surface area contributed by atoms with E-state index in [1.807, 2.05) is 43.3 Å². The van der Waals surface area contributed by atoms with Crippen molar-refractivity contribution in [1.29, 1.82) is 0 Å². The minimum absolute atomic E-state index is 0.260. The first kappa shape index (κ1) is 17.8. The van der Waals surface area contributed by atoms with Gasteiger partial charge in [0.25, 0.3) is 5.91 Å². The van der Waals surface area contributed by atoms with E-state index in [1.54, 1.807) is 18.2 Å². The van der Waals surface area contributed by atoms with Gasteiger partial charge in [0.2, 0.25) is 10.0 Å². The average molecular weight is 347 g/mol. The summed E-state index contributed by atoms with van der Waals surface area (Å²) in [5.74, 6) is -0.260. The molecule has 0 unspecified atom stereocenters. The molecule has 0 atom stereocenters. The summed E-state index contributed by atoms with van der Waals surface area (Å²) in [7, 11) is 0.561. The van der Waals surface area contributed by atoms with Gasteiger partial charge in [-0.25, -0.2) is 8.42 Å². The van der Waals surface area contributed by atoms with Crippen LogP contribution in [0.4, 0.5) is 11.4 Å². The second kappa shape index (κ2) is 7.35. The molecule has 0 saturated carbocycles. The minimum Gasteiger partial charge on any atom is -0.378 e. The van der Waals surface area contributed by atoms with Gasteiger partial charge >= 0.3 is 0 Å². The van der Waals surface area contributed by atoms with Crippen LogP contribution in [0.3, 0.4) is 0 Å². The van der Waals surface area contributed by atoms with Crippen LogP contribution in [-0.4, -0.2) is 34.7 Å². The van der Waals surface area contributed by atoms with Crippen LogP contribution in [-0.2, 0) is 16.6 Å². The molecule has 0 bridgehead atoms. The van der Waals surface area contributed by atoms with E-state index in [9.17, 15) is 13.2 Å². The first-order valence-corrected chi connectivity index (χ1v) is 9.26. The van der Waals surface area contributed by atoms with Crippen LogP contribution in [0.5, 0.6) is 0 Å². The molecule has 24 heavy (non-hydrogen) atoms. The van der Waals surface area contributed by atoms with Gasteiger partial charge in [0, 0.05) is 37.6 Å². The maximum absolute atomic E-state index is 12.2. The van der Waals surface area contributed by atoms with Crippen LogP contribution in [0.1, 0.15) is 15.9 Å². The fourth-order valence-corrected chi connectivity index (χ4v) is 2.69. The SMILES string of the molecule is CN(C)c1ccc(CNC(=O)c2cccc(NS(C)(=O)=O)c2)cc1. The number of hydrogen-bond acceptors (Lipinski definition) is 4. The molecule has 1 amide bonds. The number of rotatable bonds is 6. The molecule has 2 aromatic rings. The molecule has 0 saturated heterocycles. The molecule has 0 radical (unpaired) electrons. The molecular weight excluding hydrogens is 326 g/mol. The fourth-order valence-electron chi connectivity index (χ4n) is 2.13. The van der Waals surface area contributed by atoms with Gasteiger partial charge in [0.05, 0.1) is 6.26 Å². The Balaban J connectivity index is 2.01. The van der Waals surface area contributed by atoms with Gasteiger partial charge in [0.15, 0.2) is 0 Å². The molecule has 0 aliphatic heterocycles. The number of nitrogens with one attached hydrogen (secondary N) is 2. The van der Waals surface area contributed by atoms with E-state index in [1.165, 1.54) is 6.07 Å². The Kier molecular flexibility index (Phi) is 5.46. The molecule has 0 aromatic heterocycles. The highest BCUT2D eigenvalue weighted by atomic mass is 32.2. The molecule has 2 rings (SSSR count). The number of carbonyl (C=O) groups excluding carboxylic acids is 1. The molecule has 6 nitrogen and oxygen atoms in total. The highest BCUT2D eigenvalue weighted by molar-refractivity contribution is 7.92. The summed E-state index contributed by atoms with van der Waals surface area (Å²) in [6.07, 6.45) is 1.07. The first-order valence-electron chi connectivity index (χ1n) is 7.37. The summed E-state index contributed by atoms with van der Waals surface area (Å²) in [5.41, 5.74) is 2.83. The number of sulfonamides is 1. The van der Waals surface area contributed by atoms with Crippen LogP contribution in [0.15, 0.2) is 48.5 Å². The summed E-state index contributed by atoms with van der Waals surface area (Å²) in [4.78, 5) is 14.2. The number of amides is 1. The lowest BCUT2D eigenvalue weighted by molar-refractivity contribution is 0.0951. The van der Waals surface area contributed by atoms with Crippen molar-refractivity contribution in [3.8, 4) is 0 Å². The molecule has 0 fully saturated rings. The minimum atomic E-state index is -3.37. The van der Waals surface area contributed by atoms with Gasteiger partial charge in [-0.3, -0.25) is 9.52 Å². The van der Waals surface area contributed by atoms with Crippen LogP contribution in [0.25, 0.3) is 0 Å². The van der Waals surface area contributed by atoms with Crippen LogP contribution < -0.4 is 14.9 Å². The predicted molar refractivity (Wildman–Crippen MR) is 96.8 cm³/mol. The Labute approximate surface area is 142 Å². The number of carbonyl (C=O) groups is 1. The van der Waals surface area contributed by atoms with E-state index in [4.69, 9.17) is 0 Å². The van der Waals surface area contributed by atoms with Crippen molar-refractivity contribution in [3.63, 3.8) is 0 Å². The zero-order chi connectivity index (χ0) is 17.7. The second-order valence-electron chi connectivity index (χ2n) is 5.70. The third kappa shape index (κ3) is 5.27. The lowest BCUT2D eigenvalue weighted by Gasteiger charge is -2.13. The van der Waals surface area contributed by atoms with Gasteiger partial charge in [-0.05, 0) is 35.9 Å². The van der Waals surface area contributed by atoms with Crippen molar-refractivity contribution >= 4 is 27.3 Å². The van der Waals surface area contributed by atoms with E-state index in [0.717, 1.165) is 17.5 Å². The van der Waals surface area contributed by atoms with Gasteiger partial charge in [-0.2, -0.15) is 0 Å². The van der Waals surface area contributed by atoms with Crippen molar-refractivity contribution < 1.29 is 13.2 Å². The van der Waals surface area contributed by atoms with Gasteiger partial charge in [0.1, 0.15) is 0 Å². The number of anilines is 2. The Morgan fingerprint density at radius 2 is 1.75 bits per heavy atom. The molecule has 0 spiro atoms. The third-order valence-corrected chi connectivity index (χ3v) is 3.94. The number of hydrogen-bond donors (Lipinski definition) is 2. The molecule has 2 N–H and O–H groups in total. The Hall–Kier alpha value is -2.54. The largest absolute Gasteiger partial charge is 0.378 e. The molecule has 2 aromatic carbocycles. The summed E-state index contributed by atoms with van der Waals surface area (Å²) >= 11 is 0. The van der Waals surface area contributed by atoms with E-state index in [0.29, 0.717) is 17.8 Å². The quantitative estimate of drug-likeness (QED) is 0.838. The summed E-state index contributed by atoms with van der Waals surface area (Å²) < 4.78 is 24.9. The lowest BCUT2D eigenvalue weighted by atomic mass is 10.1. The Morgan fingerprint density at radius 3 is 2.33 bits per heavy atom. The van der Waals surface area contributed by atoms with Crippen molar-refractivity contribution in [1.82, 2.24) is 5.32 Å². The Bertz CT molecular complexity index is 815. The molecule has 0 aliphatic rings. The number of benzene rings is 2. The van der Waals surface area contributed by atoms with Gasteiger partial charge in [-0.15, -0.1) is 0 Å². The summed E-state index contributed by atoms with van der Waals surface area (Å²) in [5, 5.41) is 2.82. The fraction of sp³-hybridized carbons (Fsp3) is 0.235. The molecule has 0 aliphatic carbocycles.